The molecule has 1 aromatic rings. The van der Waals surface area contributed by atoms with Gasteiger partial charge in [-0.2, -0.15) is 0 Å². The SMILES string of the molecule is CCC(C)Sc1cc(N)c(C)cn1. The summed E-state index contributed by atoms with van der Waals surface area (Å²) in [5, 5.41) is 1.63. The lowest BCUT2D eigenvalue weighted by Gasteiger charge is -2.08. The molecule has 0 aliphatic heterocycles. The Hall–Kier alpha value is -0.700. The van der Waals surface area contributed by atoms with Gasteiger partial charge in [-0.3, -0.25) is 0 Å². The monoisotopic (exact) mass is 196 g/mol. The van der Waals surface area contributed by atoms with Gasteiger partial charge in [0, 0.05) is 17.1 Å². The molecule has 1 atom stereocenters. The Morgan fingerprint density at radius 1 is 1.62 bits per heavy atom. The van der Waals surface area contributed by atoms with Crippen molar-refractivity contribution in [2.75, 3.05) is 5.73 Å². The third-order valence-corrected chi connectivity index (χ3v) is 3.22. The Morgan fingerprint density at radius 3 is 2.85 bits per heavy atom. The zero-order valence-electron chi connectivity index (χ0n) is 8.37. The maximum absolute atomic E-state index is 5.78. The van der Waals surface area contributed by atoms with Crippen LogP contribution in [0.25, 0.3) is 0 Å². The Morgan fingerprint density at radius 2 is 2.31 bits per heavy atom. The van der Waals surface area contributed by atoms with Gasteiger partial charge in [-0.05, 0) is 25.0 Å². The van der Waals surface area contributed by atoms with Gasteiger partial charge < -0.3 is 5.73 Å². The highest BCUT2D eigenvalue weighted by Crippen LogP contribution is 2.25. The number of nitrogens with zero attached hydrogens (tertiary/aromatic N) is 1. The molecule has 1 aromatic heterocycles. The highest BCUT2D eigenvalue weighted by molar-refractivity contribution is 7.99. The molecular weight excluding hydrogens is 180 g/mol. The number of pyridine rings is 1. The molecule has 1 rings (SSSR count). The molecule has 1 heterocycles. The van der Waals surface area contributed by atoms with Crippen molar-refractivity contribution in [3.63, 3.8) is 0 Å². The molecular formula is C10H16N2S. The van der Waals surface area contributed by atoms with Crippen molar-refractivity contribution in [3.8, 4) is 0 Å². The second-order valence-corrected chi connectivity index (χ2v) is 4.67. The van der Waals surface area contributed by atoms with Gasteiger partial charge in [-0.15, -0.1) is 11.8 Å². The fraction of sp³-hybridized carbons (Fsp3) is 0.500. The summed E-state index contributed by atoms with van der Waals surface area (Å²) in [7, 11) is 0. The molecule has 72 valence electrons. The molecule has 13 heavy (non-hydrogen) atoms. The largest absolute Gasteiger partial charge is 0.398 e. The summed E-state index contributed by atoms with van der Waals surface area (Å²) in [5.74, 6) is 0. The third kappa shape index (κ3) is 2.92. The quantitative estimate of drug-likeness (QED) is 0.755. The maximum atomic E-state index is 5.78. The molecule has 0 spiro atoms. The van der Waals surface area contributed by atoms with Crippen molar-refractivity contribution in [3.05, 3.63) is 17.8 Å². The van der Waals surface area contributed by atoms with Crippen molar-refractivity contribution in [2.24, 2.45) is 0 Å². The molecule has 3 heteroatoms. The molecule has 0 radical (unpaired) electrons. The first-order chi connectivity index (χ1) is 6.13. The van der Waals surface area contributed by atoms with Gasteiger partial charge >= 0.3 is 0 Å². The molecule has 0 bridgehead atoms. The van der Waals surface area contributed by atoms with Gasteiger partial charge in [0.05, 0.1) is 5.03 Å². The highest BCUT2D eigenvalue weighted by atomic mass is 32.2. The number of rotatable bonds is 3. The van der Waals surface area contributed by atoms with Crippen LogP contribution in [0.1, 0.15) is 25.8 Å². The molecule has 1 unspecified atom stereocenters. The number of aromatic nitrogens is 1. The van der Waals surface area contributed by atoms with E-state index >= 15 is 0 Å². The van der Waals surface area contributed by atoms with Gasteiger partial charge in [0.1, 0.15) is 0 Å². The number of nitrogen functional groups attached to an aromatic ring is 1. The molecule has 0 saturated heterocycles. The summed E-state index contributed by atoms with van der Waals surface area (Å²) in [6.07, 6.45) is 2.99. The van der Waals surface area contributed by atoms with Crippen LogP contribution in [0.3, 0.4) is 0 Å². The van der Waals surface area contributed by atoms with E-state index in [2.05, 4.69) is 18.8 Å². The summed E-state index contributed by atoms with van der Waals surface area (Å²) < 4.78 is 0. The first-order valence-corrected chi connectivity index (χ1v) is 5.40. The predicted molar refractivity (Wildman–Crippen MR) is 59.0 cm³/mol. The van der Waals surface area contributed by atoms with Crippen LogP contribution in [0, 0.1) is 6.92 Å². The predicted octanol–water partition coefficient (Wildman–Crippen LogP) is 2.86. The third-order valence-electron chi connectivity index (χ3n) is 2.02. The number of nitrogens with two attached hydrogens (primary N) is 1. The van der Waals surface area contributed by atoms with Gasteiger partial charge in [-0.1, -0.05) is 13.8 Å². The van der Waals surface area contributed by atoms with E-state index in [0.717, 1.165) is 22.7 Å². The second-order valence-electron chi connectivity index (χ2n) is 3.22. The number of thioether (sulfide) groups is 1. The van der Waals surface area contributed by atoms with Crippen LogP contribution in [0.15, 0.2) is 17.3 Å². The first-order valence-electron chi connectivity index (χ1n) is 4.52. The normalized spacial score (nSPS) is 12.8. The van der Waals surface area contributed by atoms with E-state index in [1.807, 2.05) is 19.2 Å². The highest BCUT2D eigenvalue weighted by Gasteiger charge is 2.03. The summed E-state index contributed by atoms with van der Waals surface area (Å²) in [6, 6.07) is 1.95. The maximum Gasteiger partial charge on any atom is 0.0983 e. The molecule has 0 fully saturated rings. The first kappa shape index (κ1) is 10.4. The smallest absolute Gasteiger partial charge is 0.0983 e. The molecule has 0 aliphatic rings. The zero-order chi connectivity index (χ0) is 9.84. The average molecular weight is 196 g/mol. The zero-order valence-corrected chi connectivity index (χ0v) is 9.19. The van der Waals surface area contributed by atoms with E-state index < -0.39 is 0 Å². The number of hydrogen-bond donors (Lipinski definition) is 1. The van der Waals surface area contributed by atoms with Crippen LogP contribution < -0.4 is 5.73 Å². The minimum absolute atomic E-state index is 0.606. The second kappa shape index (κ2) is 4.51. The van der Waals surface area contributed by atoms with E-state index in [9.17, 15) is 0 Å². The van der Waals surface area contributed by atoms with Gasteiger partial charge in [0.25, 0.3) is 0 Å². The fourth-order valence-electron chi connectivity index (χ4n) is 0.873. The van der Waals surface area contributed by atoms with Crippen LogP contribution in [0.2, 0.25) is 0 Å². The number of anilines is 1. The van der Waals surface area contributed by atoms with Gasteiger partial charge in [0.15, 0.2) is 0 Å². The lowest BCUT2D eigenvalue weighted by molar-refractivity contribution is 0.901. The summed E-state index contributed by atoms with van der Waals surface area (Å²) in [5.41, 5.74) is 7.67. The lowest BCUT2D eigenvalue weighted by atomic mass is 10.3. The molecule has 0 amide bonds. The Labute approximate surface area is 83.9 Å². The van der Waals surface area contributed by atoms with E-state index in [-0.39, 0.29) is 0 Å². The van der Waals surface area contributed by atoms with Crippen molar-refractivity contribution >= 4 is 17.4 Å². The lowest BCUT2D eigenvalue weighted by Crippen LogP contribution is -1.96. The molecule has 0 aromatic carbocycles. The topological polar surface area (TPSA) is 38.9 Å². The van der Waals surface area contributed by atoms with Crippen molar-refractivity contribution in [1.29, 1.82) is 0 Å². The Kier molecular flexibility index (Phi) is 3.60. The standard InChI is InChI=1S/C10H16N2S/c1-4-8(3)13-10-5-9(11)7(2)6-12-10/h5-6,8H,4H2,1-3H3,(H2,11,12). The number of hydrogen-bond acceptors (Lipinski definition) is 3. The van der Waals surface area contributed by atoms with Crippen LogP contribution in [0.5, 0.6) is 0 Å². The van der Waals surface area contributed by atoms with Crippen LogP contribution in [-0.2, 0) is 0 Å². The van der Waals surface area contributed by atoms with Crippen LogP contribution in [0.4, 0.5) is 5.69 Å². The molecule has 0 saturated carbocycles. The van der Waals surface area contributed by atoms with Crippen molar-refractivity contribution < 1.29 is 0 Å². The van der Waals surface area contributed by atoms with E-state index in [4.69, 9.17) is 5.73 Å². The molecule has 2 nitrogen and oxygen atoms in total. The van der Waals surface area contributed by atoms with E-state index in [1.165, 1.54) is 0 Å². The summed E-state index contributed by atoms with van der Waals surface area (Å²) in [4.78, 5) is 4.31. The Balaban J connectivity index is 2.73. The van der Waals surface area contributed by atoms with Crippen molar-refractivity contribution in [2.45, 2.75) is 37.5 Å². The van der Waals surface area contributed by atoms with Gasteiger partial charge in [0.2, 0.25) is 0 Å². The fourth-order valence-corrected chi connectivity index (χ4v) is 1.76. The van der Waals surface area contributed by atoms with E-state index in [0.29, 0.717) is 5.25 Å². The summed E-state index contributed by atoms with van der Waals surface area (Å²) >= 11 is 1.78. The van der Waals surface area contributed by atoms with Gasteiger partial charge in [-0.25, -0.2) is 4.98 Å². The minimum atomic E-state index is 0.606. The Bertz CT molecular complexity index is 286. The minimum Gasteiger partial charge on any atom is -0.398 e. The summed E-state index contributed by atoms with van der Waals surface area (Å²) in [6.45, 7) is 6.34. The van der Waals surface area contributed by atoms with Crippen molar-refractivity contribution in [1.82, 2.24) is 4.98 Å². The molecule has 0 aliphatic carbocycles. The molecule has 2 N–H and O–H groups in total. The van der Waals surface area contributed by atoms with Crippen LogP contribution >= 0.6 is 11.8 Å². The van der Waals surface area contributed by atoms with E-state index in [1.54, 1.807) is 11.8 Å². The van der Waals surface area contributed by atoms with Crippen LogP contribution in [-0.4, -0.2) is 10.2 Å². The average Bonchev–Trinajstić information content (AvgIpc) is 2.11. The number of aryl methyl sites for hydroxylation is 1.